The number of phosphoric acid groups is 1. The fourth-order valence-corrected chi connectivity index (χ4v) is 4.22. The van der Waals surface area contributed by atoms with Gasteiger partial charge < -0.3 is 20.1 Å². The lowest BCUT2D eigenvalue weighted by atomic mass is 10.1. The fourth-order valence-electron chi connectivity index (χ4n) is 3.46. The van der Waals surface area contributed by atoms with Crippen molar-refractivity contribution in [3.63, 3.8) is 0 Å². The van der Waals surface area contributed by atoms with Crippen molar-refractivity contribution in [2.24, 2.45) is 0 Å². The third-order valence-corrected chi connectivity index (χ3v) is 6.62. The van der Waals surface area contributed by atoms with Gasteiger partial charge in [0.05, 0.1) is 13.2 Å². The average molecular weight is 574 g/mol. The first-order valence-corrected chi connectivity index (χ1v) is 15.9. The Kier molecular flexibility index (Phi) is 25.3. The predicted molar refractivity (Wildman–Crippen MR) is 155 cm³/mol. The Labute approximate surface area is 235 Å². The van der Waals surface area contributed by atoms with Gasteiger partial charge in [0.25, 0.3) is 0 Å². The molecule has 3 N–H and O–H groups in total. The van der Waals surface area contributed by atoms with Crippen molar-refractivity contribution in [3.8, 4) is 0 Å². The number of esters is 1. The molecule has 1 amide bonds. The minimum absolute atomic E-state index is 0.0717. The lowest BCUT2D eigenvalue weighted by Gasteiger charge is -2.15. The number of carbonyl (C=O) groups is 2. The van der Waals surface area contributed by atoms with Crippen LogP contribution >= 0.6 is 7.82 Å². The van der Waals surface area contributed by atoms with E-state index in [1.807, 2.05) is 0 Å². The van der Waals surface area contributed by atoms with Crippen LogP contribution in [-0.2, 0) is 27.9 Å². The first-order valence-electron chi connectivity index (χ1n) is 14.4. The molecular weight excluding hydrogens is 521 g/mol. The molecule has 10 heteroatoms. The number of hydrogen-bond acceptors (Lipinski definition) is 7. The first-order chi connectivity index (χ1) is 18.8. The monoisotopic (exact) mass is 573 g/mol. The summed E-state index contributed by atoms with van der Waals surface area (Å²) < 4.78 is 25.7. The van der Waals surface area contributed by atoms with E-state index in [-0.39, 0.29) is 25.7 Å². The summed E-state index contributed by atoms with van der Waals surface area (Å²) in [4.78, 5) is 32.1. The van der Waals surface area contributed by atoms with Crippen LogP contribution in [0.2, 0.25) is 0 Å². The highest BCUT2D eigenvalue weighted by Gasteiger charge is 2.23. The number of unbranched alkanes of at least 4 members (excludes halogenated alkanes) is 9. The van der Waals surface area contributed by atoms with Crippen LogP contribution in [0.1, 0.15) is 104 Å². The van der Waals surface area contributed by atoms with Gasteiger partial charge >= 0.3 is 13.8 Å². The SMILES string of the molecule is CCCCC/C=C\C/C=C\C/C=C\CCCCCCCCC(=O)NCCOP(=O)(O)OCC(O)COC(C)=O. The van der Waals surface area contributed by atoms with Gasteiger partial charge in [-0.15, -0.1) is 0 Å². The zero-order valence-corrected chi connectivity index (χ0v) is 25.0. The van der Waals surface area contributed by atoms with Crippen LogP contribution in [0.4, 0.5) is 0 Å². The van der Waals surface area contributed by atoms with Crippen LogP contribution in [0.5, 0.6) is 0 Å². The van der Waals surface area contributed by atoms with E-state index in [1.54, 1.807) is 0 Å². The highest BCUT2D eigenvalue weighted by atomic mass is 31.2. The number of ether oxygens (including phenoxy) is 1. The molecule has 0 saturated carbocycles. The maximum atomic E-state index is 11.9. The number of rotatable bonds is 26. The zero-order chi connectivity index (χ0) is 29.0. The van der Waals surface area contributed by atoms with E-state index in [2.05, 4.69) is 58.0 Å². The van der Waals surface area contributed by atoms with Crippen molar-refractivity contribution in [1.82, 2.24) is 5.32 Å². The smallest absolute Gasteiger partial charge is 0.463 e. The van der Waals surface area contributed by atoms with Crippen molar-refractivity contribution in [2.45, 2.75) is 110 Å². The number of aliphatic hydroxyl groups is 1. The van der Waals surface area contributed by atoms with Gasteiger partial charge in [-0.2, -0.15) is 0 Å². The molecule has 0 spiro atoms. The minimum atomic E-state index is -4.37. The van der Waals surface area contributed by atoms with E-state index < -0.39 is 26.5 Å². The Morgan fingerprint density at radius 1 is 0.821 bits per heavy atom. The molecule has 0 rings (SSSR count). The van der Waals surface area contributed by atoms with Crippen LogP contribution in [0, 0.1) is 0 Å². The molecule has 0 aromatic rings. The molecule has 0 saturated heterocycles. The summed E-state index contributed by atoms with van der Waals surface area (Å²) in [6, 6.07) is 0. The fraction of sp³-hybridized carbons (Fsp3) is 0.724. The summed E-state index contributed by atoms with van der Waals surface area (Å²) in [6.07, 6.45) is 27.3. The van der Waals surface area contributed by atoms with Crippen LogP contribution in [0.25, 0.3) is 0 Å². The summed E-state index contributed by atoms with van der Waals surface area (Å²) in [5.74, 6) is -0.714. The molecule has 0 aromatic heterocycles. The molecule has 0 heterocycles. The molecule has 39 heavy (non-hydrogen) atoms. The molecule has 9 nitrogen and oxygen atoms in total. The molecule has 2 atom stereocenters. The second kappa shape index (κ2) is 26.5. The van der Waals surface area contributed by atoms with Gasteiger partial charge in [-0.1, -0.05) is 81.9 Å². The highest BCUT2D eigenvalue weighted by Crippen LogP contribution is 2.42. The lowest BCUT2D eigenvalue weighted by Crippen LogP contribution is -2.27. The van der Waals surface area contributed by atoms with Crippen molar-refractivity contribution < 1.29 is 37.9 Å². The minimum Gasteiger partial charge on any atom is -0.463 e. The summed E-state index contributed by atoms with van der Waals surface area (Å²) in [5, 5.41) is 12.1. The number of amides is 1. The van der Waals surface area contributed by atoms with E-state index in [9.17, 15) is 24.2 Å². The third kappa shape index (κ3) is 29.0. The molecule has 0 aliphatic heterocycles. The van der Waals surface area contributed by atoms with Crippen LogP contribution in [-0.4, -0.2) is 54.3 Å². The maximum Gasteiger partial charge on any atom is 0.472 e. The number of nitrogens with one attached hydrogen (secondary N) is 1. The van der Waals surface area contributed by atoms with Crippen molar-refractivity contribution in [2.75, 3.05) is 26.4 Å². The normalized spacial score (nSPS) is 14.3. The quantitative estimate of drug-likeness (QED) is 0.0475. The van der Waals surface area contributed by atoms with Gasteiger partial charge in [-0.25, -0.2) is 4.57 Å². The van der Waals surface area contributed by atoms with Gasteiger partial charge in [-0.05, 0) is 44.9 Å². The number of allylic oxidation sites excluding steroid dienone is 6. The van der Waals surface area contributed by atoms with E-state index in [0.717, 1.165) is 44.9 Å². The summed E-state index contributed by atoms with van der Waals surface area (Å²) in [7, 11) is -4.37. The van der Waals surface area contributed by atoms with E-state index in [4.69, 9.17) is 4.52 Å². The van der Waals surface area contributed by atoms with E-state index in [0.29, 0.717) is 6.42 Å². The molecule has 0 aliphatic rings. The first kappa shape index (κ1) is 37.2. The van der Waals surface area contributed by atoms with Crippen molar-refractivity contribution in [3.05, 3.63) is 36.5 Å². The van der Waals surface area contributed by atoms with Crippen LogP contribution in [0.3, 0.4) is 0 Å². The molecule has 0 fully saturated rings. The second-order valence-electron chi connectivity index (χ2n) is 9.45. The Morgan fingerprint density at radius 2 is 1.38 bits per heavy atom. The number of phosphoric ester groups is 1. The number of aliphatic hydroxyl groups excluding tert-OH is 1. The highest BCUT2D eigenvalue weighted by molar-refractivity contribution is 7.47. The molecular formula is C29H52NO8P. The van der Waals surface area contributed by atoms with Crippen molar-refractivity contribution >= 4 is 19.7 Å². The summed E-state index contributed by atoms with van der Waals surface area (Å²) >= 11 is 0. The predicted octanol–water partition coefficient (Wildman–Crippen LogP) is 6.31. The Hall–Kier alpha value is -1.77. The average Bonchev–Trinajstić information content (AvgIpc) is 2.90. The molecule has 226 valence electrons. The zero-order valence-electron chi connectivity index (χ0n) is 24.1. The van der Waals surface area contributed by atoms with Gasteiger partial charge in [0.15, 0.2) is 0 Å². The molecule has 0 aromatic carbocycles. The molecule has 0 bridgehead atoms. The molecule has 0 aliphatic carbocycles. The summed E-state index contributed by atoms with van der Waals surface area (Å²) in [5.41, 5.74) is 0. The van der Waals surface area contributed by atoms with E-state index in [1.165, 1.54) is 45.4 Å². The molecule has 2 unspecified atom stereocenters. The lowest BCUT2D eigenvalue weighted by molar-refractivity contribution is -0.144. The molecule has 0 radical (unpaired) electrons. The Morgan fingerprint density at radius 3 is 2.00 bits per heavy atom. The Balaban J connectivity index is 3.55. The van der Waals surface area contributed by atoms with Gasteiger partial charge in [-0.3, -0.25) is 18.6 Å². The maximum absolute atomic E-state index is 11.9. The largest absolute Gasteiger partial charge is 0.472 e. The van der Waals surface area contributed by atoms with E-state index >= 15 is 0 Å². The number of carbonyl (C=O) groups excluding carboxylic acids is 2. The van der Waals surface area contributed by atoms with Crippen molar-refractivity contribution in [1.29, 1.82) is 0 Å². The van der Waals surface area contributed by atoms with Crippen LogP contribution in [0.15, 0.2) is 36.5 Å². The standard InChI is InChI=1S/C29H52NO8P/c1-3-4-5-6-7-8-9-10-11-12-13-14-15-16-17-18-19-20-21-22-29(33)30-23-24-37-39(34,35)38-26-28(32)25-36-27(2)31/h7-8,10-11,13-14,28,32H,3-6,9,12,15-26H2,1-2H3,(H,30,33)(H,34,35)/b8-7-,11-10-,14-13-. The van der Waals surface area contributed by atoms with Gasteiger partial charge in [0.2, 0.25) is 5.91 Å². The van der Waals surface area contributed by atoms with Crippen LogP contribution < -0.4 is 5.32 Å². The van der Waals surface area contributed by atoms with Gasteiger partial charge in [0, 0.05) is 19.9 Å². The van der Waals surface area contributed by atoms with Gasteiger partial charge in [0.1, 0.15) is 12.7 Å². The Bertz CT molecular complexity index is 754. The second-order valence-corrected chi connectivity index (χ2v) is 10.9. The summed E-state index contributed by atoms with van der Waals surface area (Å²) in [6.45, 7) is 2.39. The topological polar surface area (TPSA) is 131 Å². The number of hydrogen-bond donors (Lipinski definition) is 3. The third-order valence-electron chi connectivity index (χ3n) is 5.63.